The molecular formula is C27H25N. The Hall–Kier alpha value is -2.80. The maximum Gasteiger partial charge on any atom is 0.0537 e. The monoisotopic (exact) mass is 363 g/mol. The van der Waals surface area contributed by atoms with Crippen molar-refractivity contribution in [1.29, 1.82) is 0 Å². The van der Waals surface area contributed by atoms with Gasteiger partial charge in [0, 0.05) is 22.2 Å². The molecule has 0 bridgehead atoms. The van der Waals surface area contributed by atoms with Crippen molar-refractivity contribution in [3.63, 3.8) is 0 Å². The average Bonchev–Trinajstić information content (AvgIpc) is 3.19. The third-order valence-electron chi connectivity index (χ3n) is 6.96. The molecule has 6 rings (SSSR count). The van der Waals surface area contributed by atoms with Crippen LogP contribution in [-0.4, -0.2) is 4.57 Å². The van der Waals surface area contributed by atoms with Gasteiger partial charge in [0.25, 0.3) is 0 Å². The van der Waals surface area contributed by atoms with Crippen LogP contribution in [0.1, 0.15) is 49.1 Å². The number of rotatable bonds is 1. The highest BCUT2D eigenvalue weighted by molar-refractivity contribution is 6.00. The molecule has 1 nitrogen and oxygen atoms in total. The molecule has 0 saturated carbocycles. The van der Waals surface area contributed by atoms with Crippen molar-refractivity contribution >= 4 is 10.9 Å². The fourth-order valence-electron chi connectivity index (χ4n) is 5.78. The lowest BCUT2D eigenvalue weighted by molar-refractivity contribution is 0.657. The molecule has 0 amide bonds. The molecule has 138 valence electrons. The number of fused-ring (bicyclic) bond motifs is 7. The molecule has 2 aliphatic rings. The molecule has 3 aromatic carbocycles. The van der Waals surface area contributed by atoms with Gasteiger partial charge in [0.15, 0.2) is 0 Å². The van der Waals surface area contributed by atoms with Crippen LogP contribution in [0.15, 0.2) is 66.7 Å². The summed E-state index contributed by atoms with van der Waals surface area (Å²) in [4.78, 5) is 0. The summed E-state index contributed by atoms with van der Waals surface area (Å²) in [6.07, 6.45) is 4.98. The molecular weight excluding hydrogens is 338 g/mol. The van der Waals surface area contributed by atoms with Crippen molar-refractivity contribution in [1.82, 2.24) is 4.57 Å². The van der Waals surface area contributed by atoms with Crippen LogP contribution < -0.4 is 0 Å². The number of aryl methyl sites for hydroxylation is 1. The highest BCUT2D eigenvalue weighted by Crippen LogP contribution is 2.53. The fourth-order valence-corrected chi connectivity index (χ4v) is 5.78. The minimum absolute atomic E-state index is 0.0412. The quantitative estimate of drug-likeness (QED) is 0.350. The minimum atomic E-state index is 0.0412. The minimum Gasteiger partial charge on any atom is -0.313 e. The Morgan fingerprint density at radius 1 is 0.750 bits per heavy atom. The Bertz CT molecular complexity index is 1220. The zero-order chi connectivity index (χ0) is 18.9. The average molecular weight is 364 g/mol. The number of hydrogen-bond donors (Lipinski definition) is 0. The standard InChI is InChI=1S/C27H25N/c1-27(2)22-14-8-6-12-19(22)20-16-17-24-25(26(20)27)21-13-7-9-15-23(21)28(24)18-10-4-3-5-11-18/h3-6,8,10-12,14,16-17H,7,9,13,15H2,1-2H3. The summed E-state index contributed by atoms with van der Waals surface area (Å²) in [6.45, 7) is 4.82. The van der Waals surface area contributed by atoms with E-state index >= 15 is 0 Å². The molecule has 0 aliphatic heterocycles. The van der Waals surface area contributed by atoms with Gasteiger partial charge in [-0.05, 0) is 71.7 Å². The Balaban J connectivity index is 1.77. The third-order valence-corrected chi connectivity index (χ3v) is 6.96. The summed E-state index contributed by atoms with van der Waals surface area (Å²) < 4.78 is 2.54. The van der Waals surface area contributed by atoms with E-state index in [2.05, 4.69) is 85.1 Å². The Morgan fingerprint density at radius 2 is 1.50 bits per heavy atom. The molecule has 0 N–H and O–H groups in total. The highest BCUT2D eigenvalue weighted by atomic mass is 15.0. The molecule has 0 spiro atoms. The van der Waals surface area contributed by atoms with Crippen LogP contribution in [0.5, 0.6) is 0 Å². The zero-order valence-corrected chi connectivity index (χ0v) is 16.6. The van der Waals surface area contributed by atoms with E-state index in [4.69, 9.17) is 0 Å². The van der Waals surface area contributed by atoms with Gasteiger partial charge >= 0.3 is 0 Å². The van der Waals surface area contributed by atoms with Crippen molar-refractivity contribution in [3.8, 4) is 16.8 Å². The summed E-state index contributed by atoms with van der Waals surface area (Å²) >= 11 is 0. The van der Waals surface area contributed by atoms with Gasteiger partial charge in [0.2, 0.25) is 0 Å². The van der Waals surface area contributed by atoms with Gasteiger partial charge < -0.3 is 4.57 Å². The van der Waals surface area contributed by atoms with Crippen molar-refractivity contribution in [2.24, 2.45) is 0 Å². The number of hydrogen-bond acceptors (Lipinski definition) is 0. The van der Waals surface area contributed by atoms with Gasteiger partial charge in [-0.2, -0.15) is 0 Å². The molecule has 1 heteroatoms. The lowest BCUT2D eigenvalue weighted by atomic mass is 9.79. The van der Waals surface area contributed by atoms with E-state index < -0.39 is 0 Å². The predicted molar refractivity (Wildman–Crippen MR) is 117 cm³/mol. The van der Waals surface area contributed by atoms with Crippen LogP contribution in [-0.2, 0) is 18.3 Å². The molecule has 0 unspecified atom stereocenters. The molecule has 0 fully saturated rings. The summed E-state index contributed by atoms with van der Waals surface area (Å²) in [6, 6.07) is 24.7. The summed E-state index contributed by atoms with van der Waals surface area (Å²) in [5.74, 6) is 0. The first-order chi connectivity index (χ1) is 13.7. The second kappa shape index (κ2) is 5.61. The van der Waals surface area contributed by atoms with Gasteiger partial charge in [-0.1, -0.05) is 62.4 Å². The first-order valence-corrected chi connectivity index (χ1v) is 10.5. The first-order valence-electron chi connectivity index (χ1n) is 10.5. The topological polar surface area (TPSA) is 4.93 Å². The number of para-hydroxylation sites is 1. The maximum atomic E-state index is 2.54. The lowest BCUT2D eigenvalue weighted by Crippen LogP contribution is -2.16. The zero-order valence-electron chi connectivity index (χ0n) is 16.6. The van der Waals surface area contributed by atoms with E-state index in [1.54, 1.807) is 11.1 Å². The number of nitrogens with zero attached hydrogens (tertiary/aromatic N) is 1. The van der Waals surface area contributed by atoms with Gasteiger partial charge in [0.05, 0.1) is 5.52 Å². The Kier molecular flexibility index (Phi) is 3.24. The number of aromatic nitrogens is 1. The van der Waals surface area contributed by atoms with Gasteiger partial charge in [-0.3, -0.25) is 0 Å². The molecule has 0 saturated heterocycles. The van der Waals surface area contributed by atoms with E-state index in [1.165, 1.54) is 64.7 Å². The fraction of sp³-hybridized carbons (Fsp3) is 0.259. The van der Waals surface area contributed by atoms with E-state index in [0.717, 1.165) is 0 Å². The second-order valence-corrected chi connectivity index (χ2v) is 8.86. The molecule has 4 aromatic rings. The van der Waals surface area contributed by atoms with Crippen molar-refractivity contribution < 1.29 is 0 Å². The van der Waals surface area contributed by atoms with Gasteiger partial charge in [-0.15, -0.1) is 0 Å². The molecule has 0 radical (unpaired) electrons. The highest BCUT2D eigenvalue weighted by Gasteiger charge is 2.38. The molecule has 2 aliphatic carbocycles. The SMILES string of the molecule is CC1(C)c2ccccc2-c2ccc3c(c4c(n3-c3ccccc3)CCCC4)c21. The maximum absolute atomic E-state index is 2.54. The smallest absolute Gasteiger partial charge is 0.0537 e. The van der Waals surface area contributed by atoms with Crippen molar-refractivity contribution in [3.05, 3.63) is 89.1 Å². The van der Waals surface area contributed by atoms with Crippen LogP contribution in [0, 0.1) is 0 Å². The predicted octanol–water partition coefficient (Wildman–Crippen LogP) is 6.82. The van der Waals surface area contributed by atoms with E-state index in [0.29, 0.717) is 0 Å². The van der Waals surface area contributed by atoms with Gasteiger partial charge in [-0.25, -0.2) is 0 Å². The molecule has 1 aromatic heterocycles. The second-order valence-electron chi connectivity index (χ2n) is 8.86. The van der Waals surface area contributed by atoms with E-state index in [-0.39, 0.29) is 5.41 Å². The van der Waals surface area contributed by atoms with Crippen molar-refractivity contribution in [2.75, 3.05) is 0 Å². The summed E-state index contributed by atoms with van der Waals surface area (Å²) in [5, 5.41) is 1.53. The summed E-state index contributed by atoms with van der Waals surface area (Å²) in [7, 11) is 0. The lowest BCUT2D eigenvalue weighted by Gasteiger charge is -2.23. The van der Waals surface area contributed by atoms with E-state index in [9.17, 15) is 0 Å². The third kappa shape index (κ3) is 1.97. The van der Waals surface area contributed by atoms with Crippen LogP contribution in [0.4, 0.5) is 0 Å². The summed E-state index contributed by atoms with van der Waals surface area (Å²) in [5.41, 5.74) is 11.7. The Labute approximate surface area is 166 Å². The number of benzene rings is 3. The first kappa shape index (κ1) is 16.2. The molecule has 1 heterocycles. The van der Waals surface area contributed by atoms with Crippen LogP contribution in [0.3, 0.4) is 0 Å². The normalized spacial score (nSPS) is 16.6. The van der Waals surface area contributed by atoms with Gasteiger partial charge in [0.1, 0.15) is 0 Å². The molecule has 28 heavy (non-hydrogen) atoms. The van der Waals surface area contributed by atoms with Crippen LogP contribution >= 0.6 is 0 Å². The van der Waals surface area contributed by atoms with Crippen LogP contribution in [0.25, 0.3) is 27.7 Å². The molecule has 0 atom stereocenters. The van der Waals surface area contributed by atoms with Crippen molar-refractivity contribution in [2.45, 2.75) is 44.9 Å². The largest absolute Gasteiger partial charge is 0.313 e. The van der Waals surface area contributed by atoms with E-state index in [1.807, 2.05) is 0 Å². The van der Waals surface area contributed by atoms with Crippen LogP contribution in [0.2, 0.25) is 0 Å². The Morgan fingerprint density at radius 3 is 2.36 bits per heavy atom.